The van der Waals surface area contributed by atoms with Crippen LogP contribution in [0.1, 0.15) is 26.5 Å². The van der Waals surface area contributed by atoms with Crippen molar-refractivity contribution in [1.82, 2.24) is 9.24 Å². The quantitative estimate of drug-likeness (QED) is 0.682. The number of nitrogens with zero attached hydrogens (tertiary/aromatic N) is 2. The van der Waals surface area contributed by atoms with E-state index in [1.165, 1.54) is 20.8 Å². The Bertz CT molecular complexity index is 549. The zero-order valence-electron chi connectivity index (χ0n) is 9.50. The molecule has 8 heteroatoms. The van der Waals surface area contributed by atoms with Gasteiger partial charge in [-0.1, -0.05) is 0 Å². The number of hydrogen-bond acceptors (Lipinski definition) is 3. The van der Waals surface area contributed by atoms with Crippen LogP contribution in [0.15, 0.2) is 15.7 Å². The van der Waals surface area contributed by atoms with E-state index in [1.807, 2.05) is 0 Å². The molecule has 0 saturated heterocycles. The van der Waals surface area contributed by atoms with Crippen molar-refractivity contribution in [2.75, 3.05) is 5.84 Å². The Labute approximate surface area is 94.2 Å². The van der Waals surface area contributed by atoms with Gasteiger partial charge in [-0.3, -0.25) is 9.36 Å². The minimum atomic E-state index is -4.84. The molecule has 0 aliphatic rings. The molecular formula is C9H12F3N3O2. The average Bonchev–Trinajstić information content (AvgIpc) is 2.07. The molecule has 1 aromatic rings. The van der Waals surface area contributed by atoms with Crippen LogP contribution in [0.5, 0.6) is 0 Å². The Kier molecular flexibility index (Phi) is 2.86. The van der Waals surface area contributed by atoms with Crippen molar-refractivity contribution >= 4 is 0 Å². The number of nitrogen functional groups attached to an aromatic ring is 1. The van der Waals surface area contributed by atoms with Crippen molar-refractivity contribution in [3.05, 3.63) is 32.6 Å². The third-order valence-electron chi connectivity index (χ3n) is 2.10. The molecule has 17 heavy (non-hydrogen) atoms. The number of hydrogen-bond donors (Lipinski definition) is 1. The summed E-state index contributed by atoms with van der Waals surface area (Å²) in [5.41, 5.74) is -4.64. The lowest BCUT2D eigenvalue weighted by atomic mass is 10.1. The van der Waals surface area contributed by atoms with Gasteiger partial charge in [0, 0.05) is 11.6 Å². The van der Waals surface area contributed by atoms with Crippen LogP contribution in [0.4, 0.5) is 13.2 Å². The summed E-state index contributed by atoms with van der Waals surface area (Å²) < 4.78 is 38.0. The van der Waals surface area contributed by atoms with Crippen LogP contribution >= 0.6 is 0 Å². The Morgan fingerprint density at radius 2 is 1.65 bits per heavy atom. The van der Waals surface area contributed by atoms with Gasteiger partial charge < -0.3 is 5.84 Å². The summed E-state index contributed by atoms with van der Waals surface area (Å²) in [7, 11) is 0. The molecule has 0 aromatic carbocycles. The van der Waals surface area contributed by atoms with Crippen molar-refractivity contribution in [3.8, 4) is 0 Å². The van der Waals surface area contributed by atoms with Gasteiger partial charge in [-0.05, 0) is 20.8 Å². The second kappa shape index (κ2) is 3.64. The van der Waals surface area contributed by atoms with Crippen LogP contribution in [-0.4, -0.2) is 9.24 Å². The van der Waals surface area contributed by atoms with E-state index in [2.05, 4.69) is 0 Å². The van der Waals surface area contributed by atoms with Gasteiger partial charge in [-0.2, -0.15) is 13.2 Å². The Balaban J connectivity index is 3.73. The van der Waals surface area contributed by atoms with E-state index in [9.17, 15) is 22.8 Å². The summed E-state index contributed by atoms with van der Waals surface area (Å²) in [5.74, 6) is 5.06. The maximum atomic E-state index is 12.4. The van der Waals surface area contributed by atoms with Crippen LogP contribution in [-0.2, 0) is 11.7 Å². The molecular weight excluding hydrogens is 239 g/mol. The van der Waals surface area contributed by atoms with Gasteiger partial charge in [0.05, 0.1) is 0 Å². The summed E-state index contributed by atoms with van der Waals surface area (Å²) in [6.07, 6.45) is -4.84. The van der Waals surface area contributed by atoms with Crippen LogP contribution in [0.2, 0.25) is 0 Å². The Morgan fingerprint density at radius 1 is 1.18 bits per heavy atom. The fourth-order valence-electron chi connectivity index (χ4n) is 1.39. The molecule has 5 nitrogen and oxygen atoms in total. The highest BCUT2D eigenvalue weighted by molar-refractivity contribution is 5.08. The SMILES string of the molecule is CC(C)(C)n1c(=O)cc(C(F)(F)F)n(N)c1=O. The topological polar surface area (TPSA) is 70.0 Å². The summed E-state index contributed by atoms with van der Waals surface area (Å²) in [5, 5.41) is 0. The van der Waals surface area contributed by atoms with Gasteiger partial charge in [-0.15, -0.1) is 0 Å². The van der Waals surface area contributed by atoms with E-state index < -0.39 is 28.7 Å². The second-order valence-corrected chi connectivity index (χ2v) is 4.52. The molecule has 0 aliphatic heterocycles. The predicted octanol–water partition coefficient (Wildman–Crippen LogP) is 0.498. The number of rotatable bonds is 0. The second-order valence-electron chi connectivity index (χ2n) is 4.52. The highest BCUT2D eigenvalue weighted by Gasteiger charge is 2.36. The highest BCUT2D eigenvalue weighted by atomic mass is 19.4. The number of aromatic nitrogens is 2. The molecule has 0 radical (unpaired) electrons. The molecule has 0 saturated carbocycles. The minimum absolute atomic E-state index is 0.0628. The summed E-state index contributed by atoms with van der Waals surface area (Å²) >= 11 is 0. The molecule has 0 spiro atoms. The minimum Gasteiger partial charge on any atom is -0.335 e. The smallest absolute Gasteiger partial charge is 0.335 e. The molecule has 0 amide bonds. The summed E-state index contributed by atoms with van der Waals surface area (Å²) in [6, 6.07) is 0.312. The molecule has 1 rings (SSSR count). The van der Waals surface area contributed by atoms with Crippen LogP contribution in [0.3, 0.4) is 0 Å². The van der Waals surface area contributed by atoms with Gasteiger partial charge in [0.2, 0.25) is 0 Å². The molecule has 0 bridgehead atoms. The lowest BCUT2D eigenvalue weighted by molar-refractivity contribution is -0.143. The highest BCUT2D eigenvalue weighted by Crippen LogP contribution is 2.26. The first-order valence-corrected chi connectivity index (χ1v) is 4.68. The Morgan fingerprint density at radius 3 is 2.00 bits per heavy atom. The van der Waals surface area contributed by atoms with E-state index >= 15 is 0 Å². The fraction of sp³-hybridized carbons (Fsp3) is 0.556. The van der Waals surface area contributed by atoms with Crippen molar-refractivity contribution in [1.29, 1.82) is 0 Å². The van der Waals surface area contributed by atoms with Crippen LogP contribution in [0, 0.1) is 0 Å². The standard InChI is InChI=1S/C9H12F3N3O2/c1-8(2,3)14-6(16)4-5(9(10,11)12)15(13)7(14)17/h4H,13H2,1-3H3. The average molecular weight is 251 g/mol. The van der Waals surface area contributed by atoms with Crippen molar-refractivity contribution in [3.63, 3.8) is 0 Å². The molecule has 1 heterocycles. The van der Waals surface area contributed by atoms with E-state index in [0.29, 0.717) is 10.6 Å². The molecule has 96 valence electrons. The van der Waals surface area contributed by atoms with Gasteiger partial charge in [0.25, 0.3) is 5.56 Å². The number of nitrogens with two attached hydrogens (primary N) is 1. The van der Waals surface area contributed by atoms with E-state index in [0.717, 1.165) is 0 Å². The monoisotopic (exact) mass is 251 g/mol. The first-order chi connectivity index (χ1) is 7.46. The maximum Gasteiger partial charge on any atom is 0.433 e. The third kappa shape index (κ3) is 2.34. The first-order valence-electron chi connectivity index (χ1n) is 4.68. The van der Waals surface area contributed by atoms with Crippen LogP contribution in [0.25, 0.3) is 0 Å². The zero-order chi connectivity index (χ0) is 13.6. The van der Waals surface area contributed by atoms with Gasteiger partial charge in [0.15, 0.2) is 5.69 Å². The van der Waals surface area contributed by atoms with E-state index in [1.54, 1.807) is 0 Å². The fourth-order valence-corrected chi connectivity index (χ4v) is 1.39. The Hall–Kier alpha value is -1.73. The summed E-state index contributed by atoms with van der Waals surface area (Å²) in [4.78, 5) is 23.1. The van der Waals surface area contributed by atoms with E-state index in [4.69, 9.17) is 5.84 Å². The van der Waals surface area contributed by atoms with Gasteiger partial charge in [0.1, 0.15) is 0 Å². The van der Waals surface area contributed by atoms with Crippen molar-refractivity contribution in [2.24, 2.45) is 0 Å². The zero-order valence-corrected chi connectivity index (χ0v) is 9.50. The molecule has 0 atom stereocenters. The maximum absolute atomic E-state index is 12.4. The summed E-state index contributed by atoms with van der Waals surface area (Å²) in [6.45, 7) is 4.55. The molecule has 1 aromatic heterocycles. The number of halogens is 3. The molecule has 0 unspecified atom stereocenters. The van der Waals surface area contributed by atoms with Crippen LogP contribution < -0.4 is 17.1 Å². The van der Waals surface area contributed by atoms with Gasteiger partial charge in [-0.25, -0.2) is 9.47 Å². The molecule has 2 N–H and O–H groups in total. The van der Waals surface area contributed by atoms with Crippen molar-refractivity contribution in [2.45, 2.75) is 32.5 Å². The first kappa shape index (κ1) is 13.3. The largest absolute Gasteiger partial charge is 0.433 e. The van der Waals surface area contributed by atoms with Gasteiger partial charge >= 0.3 is 11.9 Å². The third-order valence-corrected chi connectivity index (χ3v) is 2.10. The normalized spacial score (nSPS) is 12.8. The number of alkyl halides is 3. The lowest BCUT2D eigenvalue weighted by Gasteiger charge is -2.22. The predicted molar refractivity (Wildman–Crippen MR) is 55.1 cm³/mol. The van der Waals surface area contributed by atoms with E-state index in [-0.39, 0.29) is 4.68 Å². The lowest BCUT2D eigenvalue weighted by Crippen LogP contribution is -2.51. The molecule has 0 aliphatic carbocycles. The van der Waals surface area contributed by atoms with Crippen molar-refractivity contribution < 1.29 is 13.2 Å². The molecule has 0 fully saturated rings.